The predicted molar refractivity (Wildman–Crippen MR) is 78.3 cm³/mol. The number of hydrogen-bond acceptors (Lipinski definition) is 4. The lowest BCUT2D eigenvalue weighted by molar-refractivity contribution is -0.172. The van der Waals surface area contributed by atoms with Crippen molar-refractivity contribution in [1.82, 2.24) is 5.06 Å². The minimum absolute atomic E-state index is 0.0547. The topological polar surface area (TPSA) is 63.7 Å². The summed E-state index contributed by atoms with van der Waals surface area (Å²) in [6, 6.07) is 9.27. The number of amides is 2. The molecule has 1 aliphatic heterocycles. The molecule has 0 atom stereocenters. The number of hydrogen-bond donors (Lipinski definition) is 0. The van der Waals surface area contributed by atoms with Gasteiger partial charge in [-0.1, -0.05) is 24.3 Å². The van der Waals surface area contributed by atoms with Crippen molar-refractivity contribution < 1.29 is 28.0 Å². The molecule has 0 radical (unpaired) electrons. The van der Waals surface area contributed by atoms with Crippen LogP contribution in [0.4, 0.5) is 8.78 Å². The van der Waals surface area contributed by atoms with Crippen LogP contribution < -0.4 is 0 Å². The molecule has 1 saturated heterocycles. The maximum absolute atomic E-state index is 14.2. The number of nitrogens with zero attached hydrogens (tertiary/aromatic N) is 1. The molecule has 0 saturated carbocycles. The molecule has 5 nitrogen and oxygen atoms in total. The van der Waals surface area contributed by atoms with Gasteiger partial charge in [0.1, 0.15) is 11.6 Å². The molecule has 24 heavy (non-hydrogen) atoms. The molecule has 0 bridgehead atoms. The maximum atomic E-state index is 14.2. The van der Waals surface area contributed by atoms with Gasteiger partial charge in [-0.3, -0.25) is 9.59 Å². The third-order valence-electron chi connectivity index (χ3n) is 3.55. The summed E-state index contributed by atoms with van der Waals surface area (Å²) in [5, 5.41) is 0.340. The van der Waals surface area contributed by atoms with Gasteiger partial charge in [-0.05, 0) is 23.8 Å². The van der Waals surface area contributed by atoms with E-state index in [1.807, 2.05) is 0 Å². The van der Waals surface area contributed by atoms with E-state index in [-0.39, 0.29) is 24.0 Å². The Morgan fingerprint density at radius 1 is 0.958 bits per heavy atom. The van der Waals surface area contributed by atoms with E-state index >= 15 is 0 Å². The fourth-order valence-electron chi connectivity index (χ4n) is 2.33. The normalized spacial score (nSPS) is 14.2. The van der Waals surface area contributed by atoms with Crippen LogP contribution in [0.25, 0.3) is 11.1 Å². The van der Waals surface area contributed by atoms with Crippen LogP contribution in [-0.2, 0) is 14.4 Å². The summed E-state index contributed by atoms with van der Waals surface area (Å²) in [6.45, 7) is 0. The van der Waals surface area contributed by atoms with Crippen LogP contribution in [-0.4, -0.2) is 22.8 Å². The van der Waals surface area contributed by atoms with Gasteiger partial charge in [0.15, 0.2) is 0 Å². The van der Waals surface area contributed by atoms with Crippen LogP contribution in [0.5, 0.6) is 0 Å². The van der Waals surface area contributed by atoms with Gasteiger partial charge in [-0.2, -0.15) is 0 Å². The molecule has 0 spiro atoms. The highest BCUT2D eigenvalue weighted by molar-refractivity contribution is 6.02. The van der Waals surface area contributed by atoms with Crippen molar-refractivity contribution in [1.29, 1.82) is 0 Å². The van der Waals surface area contributed by atoms with E-state index in [0.717, 1.165) is 12.1 Å². The molecule has 2 aromatic carbocycles. The van der Waals surface area contributed by atoms with Crippen molar-refractivity contribution in [3.8, 4) is 11.1 Å². The Hall–Kier alpha value is -3.09. The highest BCUT2D eigenvalue weighted by Crippen LogP contribution is 2.25. The van der Waals surface area contributed by atoms with E-state index in [2.05, 4.69) is 4.84 Å². The molecule has 2 amide bonds. The number of hydroxylamine groups is 2. The molecule has 0 unspecified atom stereocenters. The van der Waals surface area contributed by atoms with Crippen LogP contribution in [0.3, 0.4) is 0 Å². The Bertz CT molecular complexity index is 834. The van der Waals surface area contributed by atoms with Crippen molar-refractivity contribution in [2.24, 2.45) is 0 Å². The SMILES string of the molecule is O=C(ON1C(=O)CCC1=O)c1ccc(-c2ccccc2F)cc1F. The zero-order valence-corrected chi connectivity index (χ0v) is 12.3. The number of carbonyl (C=O) groups excluding carboxylic acids is 3. The van der Waals surface area contributed by atoms with E-state index in [4.69, 9.17) is 0 Å². The lowest BCUT2D eigenvalue weighted by Crippen LogP contribution is -2.32. The zero-order valence-electron chi connectivity index (χ0n) is 12.3. The predicted octanol–water partition coefficient (Wildman–Crippen LogP) is 2.85. The molecule has 0 aromatic heterocycles. The molecular formula is C17H11F2NO4. The molecule has 0 N–H and O–H groups in total. The first-order chi connectivity index (χ1) is 11.5. The minimum atomic E-state index is -1.17. The van der Waals surface area contributed by atoms with E-state index in [0.29, 0.717) is 5.06 Å². The molecule has 3 rings (SSSR count). The van der Waals surface area contributed by atoms with Crippen molar-refractivity contribution in [3.63, 3.8) is 0 Å². The second-order valence-electron chi connectivity index (χ2n) is 5.14. The van der Waals surface area contributed by atoms with Crippen molar-refractivity contribution in [3.05, 3.63) is 59.7 Å². The second kappa shape index (κ2) is 6.19. The van der Waals surface area contributed by atoms with Crippen LogP contribution in [0.2, 0.25) is 0 Å². The van der Waals surface area contributed by atoms with E-state index in [9.17, 15) is 23.2 Å². The van der Waals surface area contributed by atoms with Gasteiger partial charge in [0.05, 0.1) is 5.56 Å². The van der Waals surface area contributed by atoms with Gasteiger partial charge < -0.3 is 4.84 Å². The molecule has 0 aliphatic carbocycles. The van der Waals surface area contributed by atoms with Gasteiger partial charge in [-0.15, -0.1) is 5.06 Å². The van der Waals surface area contributed by atoms with Gasteiger partial charge in [0.25, 0.3) is 11.8 Å². The Morgan fingerprint density at radius 2 is 1.62 bits per heavy atom. The van der Waals surface area contributed by atoms with Crippen LogP contribution in [0.1, 0.15) is 23.2 Å². The van der Waals surface area contributed by atoms with Gasteiger partial charge >= 0.3 is 5.97 Å². The molecule has 122 valence electrons. The zero-order chi connectivity index (χ0) is 17.3. The standard InChI is InChI=1S/C17H11F2NO4/c18-13-4-2-1-3-11(13)10-5-6-12(14(19)9-10)17(23)24-20-15(21)7-8-16(20)22/h1-6,9H,7-8H2. The molecule has 1 aliphatic rings. The van der Waals surface area contributed by atoms with E-state index in [1.54, 1.807) is 6.07 Å². The van der Waals surface area contributed by atoms with E-state index < -0.39 is 35.0 Å². The third kappa shape index (κ3) is 2.88. The lowest BCUT2D eigenvalue weighted by atomic mass is 10.0. The lowest BCUT2D eigenvalue weighted by Gasteiger charge is -2.13. The summed E-state index contributed by atoms with van der Waals surface area (Å²) in [5.41, 5.74) is -0.0284. The largest absolute Gasteiger partial charge is 0.366 e. The highest BCUT2D eigenvalue weighted by Gasteiger charge is 2.33. The first kappa shape index (κ1) is 15.8. The first-order valence-corrected chi connectivity index (χ1v) is 7.10. The number of benzene rings is 2. The van der Waals surface area contributed by atoms with Gasteiger partial charge in [0.2, 0.25) is 0 Å². The first-order valence-electron chi connectivity index (χ1n) is 7.10. The Kier molecular flexibility index (Phi) is 4.07. The number of rotatable bonds is 3. The van der Waals surface area contributed by atoms with Crippen LogP contribution in [0, 0.1) is 11.6 Å². The summed E-state index contributed by atoms with van der Waals surface area (Å²) >= 11 is 0. The smallest absolute Gasteiger partial charge is 0.325 e. The van der Waals surface area contributed by atoms with Gasteiger partial charge in [-0.25, -0.2) is 13.6 Å². The summed E-state index contributed by atoms with van der Waals surface area (Å²) < 4.78 is 27.9. The van der Waals surface area contributed by atoms with Crippen molar-refractivity contribution >= 4 is 17.8 Å². The van der Waals surface area contributed by atoms with Crippen LogP contribution in [0.15, 0.2) is 42.5 Å². The highest BCUT2D eigenvalue weighted by atomic mass is 19.1. The van der Waals surface area contributed by atoms with Crippen LogP contribution >= 0.6 is 0 Å². The fourth-order valence-corrected chi connectivity index (χ4v) is 2.33. The Labute approximate surface area is 135 Å². The summed E-state index contributed by atoms with van der Waals surface area (Å²) in [5.74, 6) is -3.95. The molecular weight excluding hydrogens is 320 g/mol. The number of imide groups is 1. The Balaban J connectivity index is 1.85. The van der Waals surface area contributed by atoms with Gasteiger partial charge in [0, 0.05) is 18.4 Å². The molecule has 1 fully saturated rings. The second-order valence-corrected chi connectivity index (χ2v) is 5.14. The number of carbonyl (C=O) groups is 3. The molecule has 2 aromatic rings. The summed E-state index contributed by atoms with van der Waals surface area (Å²) in [4.78, 5) is 39.4. The van der Waals surface area contributed by atoms with Crippen molar-refractivity contribution in [2.45, 2.75) is 12.8 Å². The maximum Gasteiger partial charge on any atom is 0.366 e. The summed E-state index contributed by atoms with van der Waals surface area (Å²) in [7, 11) is 0. The number of halogens is 2. The molecule has 1 heterocycles. The van der Waals surface area contributed by atoms with Crippen molar-refractivity contribution in [2.75, 3.05) is 0 Å². The van der Waals surface area contributed by atoms with E-state index in [1.165, 1.54) is 24.3 Å². The average Bonchev–Trinajstić information content (AvgIpc) is 2.87. The quantitative estimate of drug-likeness (QED) is 0.811. The fraction of sp³-hybridized carbons (Fsp3) is 0.118. The third-order valence-corrected chi connectivity index (χ3v) is 3.55. The average molecular weight is 331 g/mol. The Morgan fingerprint density at radius 3 is 2.25 bits per heavy atom. The monoisotopic (exact) mass is 331 g/mol. The summed E-state index contributed by atoms with van der Waals surface area (Å²) in [6.07, 6.45) is -0.109. The minimum Gasteiger partial charge on any atom is -0.325 e. The molecule has 7 heteroatoms.